The molecule has 6 rings (SSSR count). The number of hydrogen-bond donors (Lipinski definition) is 2. The van der Waals surface area contributed by atoms with E-state index < -0.39 is 11.9 Å². The van der Waals surface area contributed by atoms with E-state index in [1.165, 1.54) is 48.8 Å². The SMILES string of the molecule is O=C(O)c1ccc(NC(=O)c2cc(Cl)c(Oc3ccncc3C(=O)N3CCN(C4CC4)c4ccccc43)cc2Cl)cc1. The topological polar surface area (TPSA) is 112 Å². The molecule has 3 aromatic carbocycles. The summed E-state index contributed by atoms with van der Waals surface area (Å²) in [5, 5.41) is 11.9. The molecule has 2 N–H and O–H groups in total. The Bertz CT molecular complexity index is 1710. The number of carbonyl (C=O) groups is 3. The number of carboxylic acid groups (broad SMARTS) is 1. The van der Waals surface area contributed by atoms with Crippen molar-refractivity contribution < 1.29 is 24.2 Å². The summed E-state index contributed by atoms with van der Waals surface area (Å²) in [4.78, 5) is 46.1. The van der Waals surface area contributed by atoms with Gasteiger partial charge in [0, 0.05) is 43.3 Å². The van der Waals surface area contributed by atoms with Gasteiger partial charge in [-0.3, -0.25) is 14.6 Å². The van der Waals surface area contributed by atoms with Crippen LogP contribution < -0.4 is 19.9 Å². The number of benzene rings is 3. The van der Waals surface area contributed by atoms with Crippen LogP contribution in [0.1, 0.15) is 43.9 Å². The minimum atomic E-state index is -1.07. The number of aromatic nitrogens is 1. The second-order valence-corrected chi connectivity index (χ2v) is 10.8. The molecular weight excluding hydrogens is 579 g/mol. The third-order valence-electron chi connectivity index (χ3n) is 7.17. The van der Waals surface area contributed by atoms with Crippen LogP contribution in [0.15, 0.2) is 79.1 Å². The minimum absolute atomic E-state index is 0.0705. The number of halogens is 2. The number of para-hydroxylation sites is 2. The lowest BCUT2D eigenvalue weighted by Crippen LogP contribution is -2.45. The van der Waals surface area contributed by atoms with Gasteiger partial charge in [-0.25, -0.2) is 4.79 Å². The average Bonchev–Trinajstić information content (AvgIpc) is 3.84. The molecule has 2 amide bonds. The Kier molecular flexibility index (Phi) is 7.45. The summed E-state index contributed by atoms with van der Waals surface area (Å²) in [6.45, 7) is 1.26. The number of amides is 2. The van der Waals surface area contributed by atoms with E-state index in [-0.39, 0.29) is 44.1 Å². The fraction of sp³-hybridized carbons (Fsp3) is 0.161. The second-order valence-electron chi connectivity index (χ2n) is 9.94. The molecule has 4 aromatic rings. The Morgan fingerprint density at radius 1 is 0.881 bits per heavy atom. The van der Waals surface area contributed by atoms with Gasteiger partial charge < -0.3 is 25.0 Å². The quantitative estimate of drug-likeness (QED) is 0.240. The van der Waals surface area contributed by atoms with Crippen molar-refractivity contribution in [2.75, 3.05) is 28.2 Å². The van der Waals surface area contributed by atoms with Crippen LogP contribution >= 0.6 is 23.2 Å². The van der Waals surface area contributed by atoms with Crippen LogP contribution in [0.25, 0.3) is 0 Å². The number of aromatic carboxylic acids is 1. The number of carboxylic acids is 1. The highest BCUT2D eigenvalue weighted by Crippen LogP contribution is 2.41. The summed E-state index contributed by atoms with van der Waals surface area (Å²) in [7, 11) is 0. The van der Waals surface area contributed by atoms with Crippen molar-refractivity contribution in [1.82, 2.24) is 4.98 Å². The molecule has 2 aliphatic rings. The normalized spacial score (nSPS) is 14.2. The maximum atomic E-state index is 13.8. The fourth-order valence-corrected chi connectivity index (χ4v) is 5.37. The van der Waals surface area contributed by atoms with Crippen LogP contribution in [-0.4, -0.2) is 47.0 Å². The van der Waals surface area contributed by atoms with E-state index in [9.17, 15) is 14.4 Å². The third-order valence-corrected chi connectivity index (χ3v) is 7.77. The standard InChI is InChI=1S/C31H24Cl2N4O5/c32-23-16-28(24(33)15-21(23)29(38)35-19-7-5-18(6-8-19)31(40)41)42-27-11-12-34-17-22(27)30(39)37-14-13-36(20-9-10-20)25-3-1-2-4-26(25)37/h1-8,11-12,15-17,20H,9-10,13-14H2,(H,35,38)(H,40,41). The van der Waals surface area contributed by atoms with Gasteiger partial charge in [-0.1, -0.05) is 35.3 Å². The summed E-state index contributed by atoms with van der Waals surface area (Å²) in [5.74, 6) is -1.47. The van der Waals surface area contributed by atoms with Crippen molar-refractivity contribution in [1.29, 1.82) is 0 Å². The molecule has 1 fully saturated rings. The van der Waals surface area contributed by atoms with Gasteiger partial charge in [-0.15, -0.1) is 0 Å². The molecule has 2 heterocycles. The maximum absolute atomic E-state index is 13.8. The van der Waals surface area contributed by atoms with Crippen LogP contribution in [0.5, 0.6) is 11.5 Å². The van der Waals surface area contributed by atoms with E-state index in [4.69, 9.17) is 33.0 Å². The highest BCUT2D eigenvalue weighted by Gasteiger charge is 2.36. The van der Waals surface area contributed by atoms with Gasteiger partial charge in [0.2, 0.25) is 0 Å². The lowest BCUT2D eigenvalue weighted by molar-refractivity contribution is 0.0696. The smallest absolute Gasteiger partial charge is 0.335 e. The lowest BCUT2D eigenvalue weighted by Gasteiger charge is -2.38. The summed E-state index contributed by atoms with van der Waals surface area (Å²) in [5.41, 5.74) is 2.70. The van der Waals surface area contributed by atoms with Crippen molar-refractivity contribution in [3.8, 4) is 11.5 Å². The first-order chi connectivity index (χ1) is 20.3. The zero-order valence-electron chi connectivity index (χ0n) is 22.1. The van der Waals surface area contributed by atoms with E-state index >= 15 is 0 Å². The number of nitrogens with zero attached hydrogens (tertiary/aromatic N) is 3. The first-order valence-corrected chi connectivity index (χ1v) is 14.0. The number of pyridine rings is 1. The predicted molar refractivity (Wildman–Crippen MR) is 161 cm³/mol. The summed E-state index contributed by atoms with van der Waals surface area (Å²) in [6, 6.07) is 18.5. The number of anilines is 3. The minimum Gasteiger partial charge on any atom is -0.478 e. The number of fused-ring (bicyclic) bond motifs is 1. The maximum Gasteiger partial charge on any atom is 0.335 e. The summed E-state index contributed by atoms with van der Waals surface area (Å²) >= 11 is 13.0. The van der Waals surface area contributed by atoms with Crippen LogP contribution in [-0.2, 0) is 0 Å². The van der Waals surface area contributed by atoms with E-state index in [1.54, 1.807) is 11.0 Å². The number of carbonyl (C=O) groups excluding carboxylic acids is 2. The Labute approximate surface area is 251 Å². The molecule has 42 heavy (non-hydrogen) atoms. The van der Waals surface area contributed by atoms with Crippen molar-refractivity contribution in [2.45, 2.75) is 18.9 Å². The molecule has 0 unspecified atom stereocenters. The average molecular weight is 603 g/mol. The molecule has 0 bridgehead atoms. The third kappa shape index (κ3) is 5.48. The largest absolute Gasteiger partial charge is 0.478 e. The fourth-order valence-electron chi connectivity index (χ4n) is 4.93. The molecule has 212 valence electrons. The van der Waals surface area contributed by atoms with Gasteiger partial charge >= 0.3 is 5.97 Å². The Hall–Kier alpha value is -4.60. The van der Waals surface area contributed by atoms with Gasteiger partial charge in [0.05, 0.1) is 32.5 Å². The number of hydrogen-bond acceptors (Lipinski definition) is 6. The molecule has 1 saturated carbocycles. The zero-order valence-corrected chi connectivity index (χ0v) is 23.6. The first-order valence-electron chi connectivity index (χ1n) is 13.2. The Morgan fingerprint density at radius 2 is 1.62 bits per heavy atom. The van der Waals surface area contributed by atoms with Crippen LogP contribution in [0.2, 0.25) is 10.0 Å². The van der Waals surface area contributed by atoms with Crippen molar-refractivity contribution in [3.63, 3.8) is 0 Å². The van der Waals surface area contributed by atoms with Crippen LogP contribution in [0.4, 0.5) is 17.1 Å². The van der Waals surface area contributed by atoms with Crippen LogP contribution in [0.3, 0.4) is 0 Å². The highest BCUT2D eigenvalue weighted by atomic mass is 35.5. The second kappa shape index (κ2) is 11.3. The molecule has 0 atom stereocenters. The predicted octanol–water partition coefficient (Wildman–Crippen LogP) is 6.76. The summed E-state index contributed by atoms with van der Waals surface area (Å²) < 4.78 is 6.08. The lowest BCUT2D eigenvalue weighted by atomic mass is 10.1. The monoisotopic (exact) mass is 602 g/mol. The number of ether oxygens (including phenoxy) is 1. The highest BCUT2D eigenvalue weighted by molar-refractivity contribution is 6.37. The van der Waals surface area contributed by atoms with Crippen molar-refractivity contribution >= 4 is 58.0 Å². The van der Waals surface area contributed by atoms with Crippen molar-refractivity contribution in [3.05, 3.63) is 106 Å². The number of rotatable bonds is 7. The van der Waals surface area contributed by atoms with Gasteiger partial charge in [0.25, 0.3) is 11.8 Å². The van der Waals surface area contributed by atoms with Crippen molar-refractivity contribution in [2.24, 2.45) is 0 Å². The molecule has 0 spiro atoms. The zero-order chi connectivity index (χ0) is 29.4. The van der Waals surface area contributed by atoms with E-state index in [2.05, 4.69) is 15.2 Å². The van der Waals surface area contributed by atoms with Gasteiger partial charge in [0.15, 0.2) is 0 Å². The van der Waals surface area contributed by atoms with E-state index in [1.807, 2.05) is 24.3 Å². The van der Waals surface area contributed by atoms with Gasteiger partial charge in [-0.05, 0) is 61.4 Å². The summed E-state index contributed by atoms with van der Waals surface area (Å²) in [6.07, 6.45) is 5.29. The Balaban J connectivity index is 1.23. The molecule has 1 aliphatic carbocycles. The molecular formula is C31H24Cl2N4O5. The molecule has 11 heteroatoms. The Morgan fingerprint density at radius 3 is 2.33 bits per heavy atom. The molecule has 0 radical (unpaired) electrons. The van der Waals surface area contributed by atoms with E-state index in [0.717, 1.165) is 30.8 Å². The molecule has 1 aromatic heterocycles. The number of nitrogens with one attached hydrogen (secondary N) is 1. The first kappa shape index (κ1) is 27.6. The van der Waals surface area contributed by atoms with Gasteiger partial charge in [-0.2, -0.15) is 0 Å². The molecule has 9 nitrogen and oxygen atoms in total. The van der Waals surface area contributed by atoms with Crippen LogP contribution in [0, 0.1) is 0 Å². The molecule has 0 saturated heterocycles. The van der Waals surface area contributed by atoms with Gasteiger partial charge in [0.1, 0.15) is 17.1 Å². The van der Waals surface area contributed by atoms with E-state index in [0.29, 0.717) is 18.3 Å². The molecule has 1 aliphatic heterocycles.